The second-order valence-electron chi connectivity index (χ2n) is 5.17. The minimum atomic E-state index is -0.792. The maximum atomic E-state index is 12.2. The number of carbonyl (C=O) groups is 3. The molecule has 0 saturated carbocycles. The zero-order valence-corrected chi connectivity index (χ0v) is 12.8. The second kappa shape index (κ2) is 8.35. The van der Waals surface area contributed by atoms with Crippen molar-refractivity contribution in [2.75, 3.05) is 7.11 Å². The third kappa shape index (κ3) is 6.36. The monoisotopic (exact) mass is 284 g/mol. The number of rotatable bonds is 7. The molecule has 20 heavy (non-hydrogen) atoms. The Labute approximate surface area is 119 Å². The van der Waals surface area contributed by atoms with Crippen LogP contribution in [0, 0.1) is 5.92 Å². The fourth-order valence-electron chi connectivity index (χ4n) is 1.70. The van der Waals surface area contributed by atoms with Crippen molar-refractivity contribution in [3.63, 3.8) is 0 Å². The number of nitrogens with one attached hydrogen (secondary N) is 2. The standard InChI is InChI=1S/C14H24N2O4/c1-8(2)7-11(14(19)20-6)16-13(18)12(9(3)4)15-10(5)17/h9,11-12H,1,7H2,2-6H3,(H,15,17)(H,16,18)/t11-,12+/m0/s1. The molecule has 2 N–H and O–H groups in total. The topological polar surface area (TPSA) is 84.5 Å². The smallest absolute Gasteiger partial charge is 0.328 e. The molecule has 0 aliphatic carbocycles. The van der Waals surface area contributed by atoms with Crippen molar-refractivity contribution < 1.29 is 19.1 Å². The van der Waals surface area contributed by atoms with Crippen LogP contribution < -0.4 is 10.6 Å². The first-order chi connectivity index (χ1) is 9.18. The summed E-state index contributed by atoms with van der Waals surface area (Å²) in [5, 5.41) is 5.17. The van der Waals surface area contributed by atoms with Gasteiger partial charge in [-0.15, -0.1) is 6.58 Å². The van der Waals surface area contributed by atoms with Crippen molar-refractivity contribution in [1.29, 1.82) is 0 Å². The van der Waals surface area contributed by atoms with E-state index in [1.54, 1.807) is 6.92 Å². The molecule has 6 nitrogen and oxygen atoms in total. The predicted octanol–water partition coefficient (Wildman–Crippen LogP) is 0.771. The molecule has 2 amide bonds. The molecule has 6 heteroatoms. The number of esters is 1. The van der Waals surface area contributed by atoms with Gasteiger partial charge in [-0.05, 0) is 19.3 Å². The summed E-state index contributed by atoms with van der Waals surface area (Å²) in [6.45, 7) is 10.4. The maximum Gasteiger partial charge on any atom is 0.328 e. The highest BCUT2D eigenvalue weighted by Crippen LogP contribution is 2.07. The zero-order valence-electron chi connectivity index (χ0n) is 12.8. The van der Waals surface area contributed by atoms with Gasteiger partial charge in [-0.25, -0.2) is 4.79 Å². The van der Waals surface area contributed by atoms with Crippen LogP contribution in [0.5, 0.6) is 0 Å². The van der Waals surface area contributed by atoms with Crippen LogP contribution in [0.4, 0.5) is 0 Å². The summed E-state index contributed by atoms with van der Waals surface area (Å²) in [6, 6.07) is -1.48. The van der Waals surface area contributed by atoms with E-state index in [1.807, 2.05) is 13.8 Å². The Kier molecular flexibility index (Phi) is 7.57. The summed E-state index contributed by atoms with van der Waals surface area (Å²) in [4.78, 5) is 34.9. The quantitative estimate of drug-likeness (QED) is 0.534. The average Bonchev–Trinajstić information content (AvgIpc) is 2.32. The van der Waals surface area contributed by atoms with Crippen LogP contribution in [0.1, 0.15) is 34.1 Å². The first-order valence-corrected chi connectivity index (χ1v) is 6.48. The van der Waals surface area contributed by atoms with Gasteiger partial charge in [0.05, 0.1) is 7.11 Å². The van der Waals surface area contributed by atoms with E-state index in [9.17, 15) is 14.4 Å². The van der Waals surface area contributed by atoms with Gasteiger partial charge in [0, 0.05) is 6.92 Å². The van der Waals surface area contributed by atoms with Crippen LogP contribution in [0.2, 0.25) is 0 Å². The highest BCUT2D eigenvalue weighted by Gasteiger charge is 2.28. The van der Waals surface area contributed by atoms with Crippen LogP contribution in [-0.2, 0) is 19.1 Å². The van der Waals surface area contributed by atoms with Gasteiger partial charge in [0.1, 0.15) is 12.1 Å². The van der Waals surface area contributed by atoms with Crippen LogP contribution in [-0.4, -0.2) is 37.0 Å². The van der Waals surface area contributed by atoms with Crippen molar-refractivity contribution >= 4 is 17.8 Å². The zero-order chi connectivity index (χ0) is 15.9. The third-order valence-corrected chi connectivity index (χ3v) is 2.66. The van der Waals surface area contributed by atoms with Crippen molar-refractivity contribution in [2.24, 2.45) is 5.92 Å². The summed E-state index contributed by atoms with van der Waals surface area (Å²) in [5.41, 5.74) is 0.751. The lowest BCUT2D eigenvalue weighted by atomic mass is 10.0. The van der Waals surface area contributed by atoms with Gasteiger partial charge in [0.25, 0.3) is 0 Å². The van der Waals surface area contributed by atoms with E-state index in [-0.39, 0.29) is 11.8 Å². The summed E-state index contributed by atoms with van der Waals surface area (Å²) in [7, 11) is 1.26. The number of hydrogen-bond donors (Lipinski definition) is 2. The molecule has 0 unspecified atom stereocenters. The van der Waals surface area contributed by atoms with Gasteiger partial charge in [-0.2, -0.15) is 0 Å². The lowest BCUT2D eigenvalue weighted by Crippen LogP contribution is -2.53. The molecule has 0 heterocycles. The largest absolute Gasteiger partial charge is 0.467 e. The Morgan fingerprint density at radius 3 is 2.05 bits per heavy atom. The minimum absolute atomic E-state index is 0.0953. The van der Waals surface area contributed by atoms with E-state index in [0.29, 0.717) is 6.42 Å². The lowest BCUT2D eigenvalue weighted by molar-refractivity contribution is -0.145. The van der Waals surface area contributed by atoms with Crippen molar-refractivity contribution in [1.82, 2.24) is 10.6 Å². The minimum Gasteiger partial charge on any atom is -0.467 e. The Morgan fingerprint density at radius 1 is 1.15 bits per heavy atom. The van der Waals surface area contributed by atoms with Crippen LogP contribution in [0.15, 0.2) is 12.2 Å². The molecular weight excluding hydrogens is 260 g/mol. The van der Waals surface area contributed by atoms with Gasteiger partial charge >= 0.3 is 5.97 Å². The number of amides is 2. The Balaban J connectivity index is 4.90. The molecular formula is C14H24N2O4. The summed E-state index contributed by atoms with van der Waals surface area (Å²) in [6.07, 6.45) is 0.295. The van der Waals surface area contributed by atoms with Crippen LogP contribution in [0.25, 0.3) is 0 Å². The lowest BCUT2D eigenvalue weighted by Gasteiger charge is -2.24. The van der Waals surface area contributed by atoms with Gasteiger partial charge < -0.3 is 15.4 Å². The van der Waals surface area contributed by atoms with E-state index < -0.39 is 24.0 Å². The van der Waals surface area contributed by atoms with Gasteiger partial charge in [-0.3, -0.25) is 9.59 Å². The molecule has 0 aromatic rings. The van der Waals surface area contributed by atoms with Gasteiger partial charge in [0.2, 0.25) is 11.8 Å². The Bertz CT molecular complexity index is 391. The molecule has 0 aromatic carbocycles. The molecule has 0 radical (unpaired) electrons. The summed E-state index contributed by atoms with van der Waals surface area (Å²) >= 11 is 0. The fraction of sp³-hybridized carbons (Fsp3) is 0.643. The Morgan fingerprint density at radius 2 is 1.70 bits per heavy atom. The van der Waals surface area contributed by atoms with E-state index in [2.05, 4.69) is 21.9 Å². The molecule has 0 bridgehead atoms. The molecule has 0 aliphatic rings. The van der Waals surface area contributed by atoms with E-state index in [0.717, 1.165) is 5.57 Å². The summed E-state index contributed by atoms with van der Waals surface area (Å²) < 4.78 is 4.65. The van der Waals surface area contributed by atoms with E-state index >= 15 is 0 Å². The normalized spacial score (nSPS) is 13.3. The SMILES string of the molecule is C=C(C)C[C@H](NC(=O)[C@H](NC(C)=O)C(C)C)C(=O)OC. The van der Waals surface area contributed by atoms with E-state index in [4.69, 9.17) is 0 Å². The van der Waals surface area contributed by atoms with Crippen molar-refractivity contribution in [3.8, 4) is 0 Å². The number of carbonyl (C=O) groups excluding carboxylic acids is 3. The van der Waals surface area contributed by atoms with Crippen molar-refractivity contribution in [3.05, 3.63) is 12.2 Å². The first-order valence-electron chi connectivity index (χ1n) is 6.48. The molecule has 0 fully saturated rings. The molecule has 0 saturated heterocycles. The predicted molar refractivity (Wildman–Crippen MR) is 75.8 cm³/mol. The molecule has 114 valence electrons. The third-order valence-electron chi connectivity index (χ3n) is 2.66. The average molecular weight is 284 g/mol. The summed E-state index contributed by atoms with van der Waals surface area (Å²) in [5.74, 6) is -1.34. The molecule has 0 aliphatic heterocycles. The highest BCUT2D eigenvalue weighted by atomic mass is 16.5. The molecule has 2 atom stereocenters. The molecule has 0 spiro atoms. The van der Waals surface area contributed by atoms with Gasteiger partial charge in [-0.1, -0.05) is 19.4 Å². The second-order valence-corrected chi connectivity index (χ2v) is 5.17. The van der Waals surface area contributed by atoms with E-state index in [1.165, 1.54) is 14.0 Å². The first kappa shape index (κ1) is 18.1. The Hall–Kier alpha value is -1.85. The van der Waals surface area contributed by atoms with Crippen molar-refractivity contribution in [2.45, 2.75) is 46.2 Å². The van der Waals surface area contributed by atoms with Crippen LogP contribution in [0.3, 0.4) is 0 Å². The number of hydrogen-bond acceptors (Lipinski definition) is 4. The maximum absolute atomic E-state index is 12.2. The molecule has 0 rings (SSSR count). The fourth-order valence-corrected chi connectivity index (χ4v) is 1.70. The number of methoxy groups -OCH3 is 1. The van der Waals surface area contributed by atoms with Gasteiger partial charge in [0.15, 0.2) is 0 Å². The molecule has 0 aromatic heterocycles. The number of ether oxygens (including phenoxy) is 1. The van der Waals surface area contributed by atoms with Crippen LogP contribution >= 0.6 is 0 Å². The highest BCUT2D eigenvalue weighted by molar-refractivity contribution is 5.90.